The van der Waals surface area contributed by atoms with Crippen LogP contribution in [0.1, 0.15) is 32.1 Å². The molecule has 2 aliphatic rings. The standard InChI is InChI=1S/C17H26N2O4S2/c20-17(18-8-2-11-23-13-14-4-5-14)15-6-9-19(10-7-15)25(21,22)16-3-1-12-24-16/h1,3,12,14-15H,2,4-11,13H2,(H,18,20). The van der Waals surface area contributed by atoms with E-state index < -0.39 is 10.0 Å². The van der Waals surface area contributed by atoms with E-state index in [1.165, 1.54) is 28.5 Å². The van der Waals surface area contributed by atoms with Crippen LogP contribution in [0, 0.1) is 11.8 Å². The lowest BCUT2D eigenvalue weighted by Gasteiger charge is -2.30. The Morgan fingerprint density at radius 3 is 2.68 bits per heavy atom. The Morgan fingerprint density at radius 1 is 1.28 bits per heavy atom. The maximum Gasteiger partial charge on any atom is 0.252 e. The van der Waals surface area contributed by atoms with Crippen LogP contribution in [0.4, 0.5) is 0 Å². The van der Waals surface area contributed by atoms with Gasteiger partial charge >= 0.3 is 0 Å². The van der Waals surface area contributed by atoms with Gasteiger partial charge in [0.25, 0.3) is 10.0 Å². The molecule has 8 heteroatoms. The van der Waals surface area contributed by atoms with E-state index in [1.807, 2.05) is 0 Å². The van der Waals surface area contributed by atoms with Crippen molar-refractivity contribution in [2.24, 2.45) is 11.8 Å². The van der Waals surface area contributed by atoms with Gasteiger partial charge in [-0.1, -0.05) is 6.07 Å². The molecular weight excluding hydrogens is 360 g/mol. The van der Waals surface area contributed by atoms with Crippen molar-refractivity contribution in [3.05, 3.63) is 17.5 Å². The van der Waals surface area contributed by atoms with E-state index in [-0.39, 0.29) is 11.8 Å². The molecular formula is C17H26N2O4S2. The first-order valence-electron chi connectivity index (χ1n) is 8.96. The molecule has 1 saturated carbocycles. The highest BCUT2D eigenvalue weighted by atomic mass is 32.2. The second kappa shape index (κ2) is 8.62. The third-order valence-electron chi connectivity index (χ3n) is 4.73. The maximum atomic E-state index is 12.5. The van der Waals surface area contributed by atoms with Gasteiger partial charge in [0.05, 0.1) is 0 Å². The fraction of sp³-hybridized carbons (Fsp3) is 0.706. The van der Waals surface area contributed by atoms with E-state index in [9.17, 15) is 13.2 Å². The van der Waals surface area contributed by atoms with Crippen molar-refractivity contribution < 1.29 is 17.9 Å². The largest absolute Gasteiger partial charge is 0.381 e. The fourth-order valence-electron chi connectivity index (χ4n) is 2.96. The van der Waals surface area contributed by atoms with Gasteiger partial charge in [0.2, 0.25) is 5.91 Å². The van der Waals surface area contributed by atoms with Crippen LogP contribution in [0.15, 0.2) is 21.7 Å². The highest BCUT2D eigenvalue weighted by Gasteiger charge is 2.32. The number of hydrogen-bond donors (Lipinski definition) is 1. The van der Waals surface area contributed by atoms with Crippen LogP contribution < -0.4 is 5.32 Å². The van der Waals surface area contributed by atoms with Crippen molar-refractivity contribution in [1.82, 2.24) is 9.62 Å². The van der Waals surface area contributed by atoms with Gasteiger partial charge in [0, 0.05) is 38.8 Å². The van der Waals surface area contributed by atoms with Crippen LogP contribution in [0.3, 0.4) is 0 Å². The number of carbonyl (C=O) groups is 1. The number of amides is 1. The lowest BCUT2D eigenvalue weighted by molar-refractivity contribution is -0.126. The third kappa shape index (κ3) is 5.26. The molecule has 1 N–H and O–H groups in total. The summed E-state index contributed by atoms with van der Waals surface area (Å²) in [5.41, 5.74) is 0. The molecule has 6 nitrogen and oxygen atoms in total. The normalized spacial score (nSPS) is 19.8. The molecule has 0 unspecified atom stereocenters. The highest BCUT2D eigenvalue weighted by molar-refractivity contribution is 7.91. The average Bonchev–Trinajstić information content (AvgIpc) is 3.26. The minimum atomic E-state index is -3.39. The van der Waals surface area contributed by atoms with Crippen molar-refractivity contribution in [1.29, 1.82) is 0 Å². The summed E-state index contributed by atoms with van der Waals surface area (Å²) in [6.45, 7) is 2.97. The number of carbonyl (C=O) groups excluding carboxylic acids is 1. The number of thiophene rings is 1. The summed E-state index contributed by atoms with van der Waals surface area (Å²) >= 11 is 1.23. The molecule has 25 heavy (non-hydrogen) atoms. The molecule has 0 radical (unpaired) electrons. The minimum Gasteiger partial charge on any atom is -0.381 e. The van der Waals surface area contributed by atoms with Crippen LogP contribution in [-0.2, 0) is 19.6 Å². The predicted molar refractivity (Wildman–Crippen MR) is 97.0 cm³/mol. The molecule has 2 heterocycles. The molecule has 1 aliphatic heterocycles. The Morgan fingerprint density at radius 2 is 2.04 bits per heavy atom. The highest BCUT2D eigenvalue weighted by Crippen LogP contribution is 2.28. The summed E-state index contributed by atoms with van der Waals surface area (Å²) in [7, 11) is -3.39. The zero-order valence-electron chi connectivity index (χ0n) is 14.4. The van der Waals surface area contributed by atoms with Gasteiger partial charge in [-0.3, -0.25) is 4.79 Å². The zero-order chi connectivity index (χ0) is 17.7. The van der Waals surface area contributed by atoms with Crippen LogP contribution in [0.2, 0.25) is 0 Å². The molecule has 2 fully saturated rings. The summed E-state index contributed by atoms with van der Waals surface area (Å²) in [4.78, 5) is 12.2. The van der Waals surface area contributed by atoms with Gasteiger partial charge in [-0.2, -0.15) is 4.31 Å². The Balaban J connectivity index is 1.34. The molecule has 1 amide bonds. The Bertz CT molecular complexity index is 648. The van der Waals surface area contributed by atoms with E-state index in [2.05, 4.69) is 5.32 Å². The number of ether oxygens (including phenoxy) is 1. The summed E-state index contributed by atoms with van der Waals surface area (Å²) in [5.74, 6) is 0.711. The van der Waals surface area contributed by atoms with Crippen molar-refractivity contribution in [2.75, 3.05) is 32.8 Å². The first-order valence-corrected chi connectivity index (χ1v) is 11.3. The zero-order valence-corrected chi connectivity index (χ0v) is 16.0. The molecule has 0 aromatic carbocycles. The number of sulfonamides is 1. The average molecular weight is 387 g/mol. The monoisotopic (exact) mass is 386 g/mol. The van der Waals surface area contributed by atoms with Gasteiger partial charge in [-0.05, 0) is 49.5 Å². The Kier molecular flexibility index (Phi) is 6.49. The van der Waals surface area contributed by atoms with Crippen LogP contribution in [0.5, 0.6) is 0 Å². The van der Waals surface area contributed by atoms with Crippen molar-refractivity contribution in [3.8, 4) is 0 Å². The third-order valence-corrected chi connectivity index (χ3v) is 8.00. The van der Waals surface area contributed by atoms with Gasteiger partial charge in [-0.25, -0.2) is 8.42 Å². The lowest BCUT2D eigenvalue weighted by Crippen LogP contribution is -2.43. The molecule has 1 aromatic heterocycles. The molecule has 0 bridgehead atoms. The predicted octanol–water partition coefficient (Wildman–Crippen LogP) is 2.08. The number of hydrogen-bond acceptors (Lipinski definition) is 5. The quantitative estimate of drug-likeness (QED) is 0.660. The number of piperidine rings is 1. The molecule has 1 saturated heterocycles. The van der Waals surface area contributed by atoms with Crippen molar-refractivity contribution in [2.45, 2.75) is 36.3 Å². The van der Waals surface area contributed by atoms with E-state index in [0.717, 1.165) is 18.9 Å². The second-order valence-electron chi connectivity index (χ2n) is 6.77. The van der Waals surface area contributed by atoms with Crippen LogP contribution >= 0.6 is 11.3 Å². The summed E-state index contributed by atoms with van der Waals surface area (Å²) in [6.07, 6.45) is 4.56. The lowest BCUT2D eigenvalue weighted by atomic mass is 9.97. The molecule has 0 spiro atoms. The van der Waals surface area contributed by atoms with E-state index in [0.29, 0.717) is 43.3 Å². The van der Waals surface area contributed by atoms with Gasteiger partial charge < -0.3 is 10.1 Å². The summed E-state index contributed by atoms with van der Waals surface area (Å²) in [6, 6.07) is 3.37. The molecule has 1 aliphatic carbocycles. The van der Waals surface area contributed by atoms with E-state index in [1.54, 1.807) is 17.5 Å². The minimum absolute atomic E-state index is 0.0374. The van der Waals surface area contributed by atoms with Crippen molar-refractivity contribution >= 4 is 27.3 Å². The van der Waals surface area contributed by atoms with Crippen LogP contribution in [0.25, 0.3) is 0 Å². The molecule has 1 aromatic rings. The molecule has 3 rings (SSSR count). The SMILES string of the molecule is O=C(NCCCOCC1CC1)C1CCN(S(=O)(=O)c2cccs2)CC1. The first-order chi connectivity index (χ1) is 12.1. The maximum absolute atomic E-state index is 12.5. The van der Waals surface area contributed by atoms with Crippen molar-refractivity contribution in [3.63, 3.8) is 0 Å². The van der Waals surface area contributed by atoms with Gasteiger partial charge in [0.1, 0.15) is 4.21 Å². The topological polar surface area (TPSA) is 75.7 Å². The summed E-state index contributed by atoms with van der Waals surface area (Å²) in [5, 5.41) is 4.72. The van der Waals surface area contributed by atoms with E-state index in [4.69, 9.17) is 4.74 Å². The van der Waals surface area contributed by atoms with Crippen LogP contribution in [-0.4, -0.2) is 51.5 Å². The number of nitrogens with one attached hydrogen (secondary N) is 1. The first kappa shape index (κ1) is 18.8. The molecule has 0 atom stereocenters. The second-order valence-corrected chi connectivity index (χ2v) is 9.89. The Hall–Kier alpha value is -0.960. The fourth-order valence-corrected chi connectivity index (χ4v) is 5.57. The van der Waals surface area contributed by atoms with Gasteiger partial charge in [-0.15, -0.1) is 11.3 Å². The van der Waals surface area contributed by atoms with E-state index >= 15 is 0 Å². The smallest absolute Gasteiger partial charge is 0.252 e. The molecule has 140 valence electrons. The number of rotatable bonds is 9. The Labute approximate surface area is 153 Å². The van der Waals surface area contributed by atoms with Gasteiger partial charge in [0.15, 0.2) is 0 Å². The summed E-state index contributed by atoms with van der Waals surface area (Å²) < 4.78 is 32.4. The number of nitrogens with zero attached hydrogens (tertiary/aromatic N) is 1.